The average molecular weight is 507 g/mol. The number of hydrazone groups is 1. The van der Waals surface area contributed by atoms with Crippen LogP contribution in [0.5, 0.6) is 0 Å². The minimum absolute atomic E-state index is 0.158. The van der Waals surface area contributed by atoms with Gasteiger partial charge in [-0.1, -0.05) is 11.6 Å². The quantitative estimate of drug-likeness (QED) is 0.516. The molecule has 3 amide bonds. The molecule has 1 spiro atoms. The van der Waals surface area contributed by atoms with Gasteiger partial charge in [0.15, 0.2) is 5.60 Å². The Labute approximate surface area is 208 Å². The third kappa shape index (κ3) is 5.67. The Balaban J connectivity index is 1.45. The molecule has 190 valence electrons. The molecule has 1 saturated carbocycles. The molecule has 4 rings (SSSR count). The van der Waals surface area contributed by atoms with E-state index >= 15 is 0 Å². The molecule has 3 N–H and O–H groups in total. The number of ether oxygens (including phenoxy) is 2. The number of halogens is 1. The predicted octanol–water partition coefficient (Wildman–Crippen LogP) is 1.59. The highest BCUT2D eigenvalue weighted by Gasteiger charge is 2.47. The Hall–Kier alpha value is -2.92. The molecule has 1 aromatic heterocycles. The van der Waals surface area contributed by atoms with Crippen LogP contribution in [0.1, 0.15) is 44.6 Å². The van der Waals surface area contributed by atoms with Gasteiger partial charge in [-0.15, -0.1) is 0 Å². The largest absolute Gasteiger partial charge is 0.435 e. The summed E-state index contributed by atoms with van der Waals surface area (Å²) >= 11 is 6.68. The van der Waals surface area contributed by atoms with E-state index in [1.54, 1.807) is 6.20 Å². The molecule has 0 aromatic carbocycles. The molecule has 3 heterocycles. The second-order valence-corrected chi connectivity index (χ2v) is 9.62. The van der Waals surface area contributed by atoms with Crippen molar-refractivity contribution in [1.82, 2.24) is 21.0 Å². The van der Waals surface area contributed by atoms with Gasteiger partial charge >= 0.3 is 17.9 Å². The number of aromatic nitrogens is 1. The fraction of sp³-hybridized carbons (Fsp3) is 0.609. The van der Waals surface area contributed by atoms with Crippen molar-refractivity contribution in [3.8, 4) is 0 Å². The maximum atomic E-state index is 12.1. The molecular formula is C23H31ClN6O5. The summed E-state index contributed by atoms with van der Waals surface area (Å²) in [6.07, 6.45) is 4.49. The van der Waals surface area contributed by atoms with Crippen molar-refractivity contribution in [2.75, 3.05) is 38.3 Å². The predicted molar refractivity (Wildman–Crippen MR) is 129 cm³/mol. The van der Waals surface area contributed by atoms with E-state index < -0.39 is 23.5 Å². The van der Waals surface area contributed by atoms with Gasteiger partial charge in [-0.3, -0.25) is 9.59 Å². The molecule has 1 aromatic rings. The molecule has 2 fully saturated rings. The maximum Gasteiger partial charge on any atom is 0.428 e. The molecule has 2 aliphatic heterocycles. The van der Waals surface area contributed by atoms with E-state index in [1.165, 1.54) is 7.05 Å². The van der Waals surface area contributed by atoms with Crippen molar-refractivity contribution in [3.63, 3.8) is 0 Å². The Morgan fingerprint density at radius 3 is 2.66 bits per heavy atom. The highest BCUT2D eigenvalue weighted by molar-refractivity contribution is 6.35. The van der Waals surface area contributed by atoms with Crippen molar-refractivity contribution < 1.29 is 23.9 Å². The van der Waals surface area contributed by atoms with Gasteiger partial charge in [0.25, 0.3) is 0 Å². The van der Waals surface area contributed by atoms with E-state index in [9.17, 15) is 14.4 Å². The second kappa shape index (κ2) is 10.8. The summed E-state index contributed by atoms with van der Waals surface area (Å²) in [4.78, 5) is 42.2. The minimum Gasteiger partial charge on any atom is -0.435 e. The minimum atomic E-state index is -0.890. The topological polar surface area (TPSA) is 134 Å². The molecule has 1 atom stereocenters. The van der Waals surface area contributed by atoms with Gasteiger partial charge in [-0.2, -0.15) is 5.10 Å². The fourth-order valence-electron chi connectivity index (χ4n) is 5.00. The first-order chi connectivity index (χ1) is 16.8. The van der Waals surface area contributed by atoms with Gasteiger partial charge in [0.05, 0.1) is 18.2 Å². The Morgan fingerprint density at radius 1 is 1.29 bits per heavy atom. The fourth-order valence-corrected chi connectivity index (χ4v) is 5.23. The molecule has 0 unspecified atom stereocenters. The van der Waals surface area contributed by atoms with Crippen LogP contribution < -0.4 is 21.0 Å². The number of amides is 3. The van der Waals surface area contributed by atoms with Crippen LogP contribution in [0.3, 0.4) is 0 Å². The summed E-state index contributed by atoms with van der Waals surface area (Å²) in [7, 11) is 1.42. The number of carbonyl (C=O) groups excluding carboxylic acids is 3. The van der Waals surface area contributed by atoms with E-state index in [-0.39, 0.29) is 6.04 Å². The van der Waals surface area contributed by atoms with Gasteiger partial charge in [-0.05, 0) is 51.0 Å². The smallest absolute Gasteiger partial charge is 0.428 e. The van der Waals surface area contributed by atoms with Crippen LogP contribution in [0, 0.1) is 5.92 Å². The van der Waals surface area contributed by atoms with E-state index in [1.807, 2.05) is 13.0 Å². The van der Waals surface area contributed by atoms with Crippen molar-refractivity contribution in [3.05, 3.63) is 22.8 Å². The molecule has 11 nitrogen and oxygen atoms in total. The van der Waals surface area contributed by atoms with Crippen LogP contribution in [0.2, 0.25) is 5.02 Å². The first kappa shape index (κ1) is 25.2. The molecule has 3 aliphatic rings. The number of carbonyl (C=O) groups is 3. The van der Waals surface area contributed by atoms with Crippen LogP contribution >= 0.6 is 11.6 Å². The number of hydrogen-bond donors (Lipinski definition) is 3. The standard InChI is InChI=1S/C23H31ClN6O5/c1-14(27-21(32)20(31)25-2)11-15-3-5-23(6-4-15)19(28-29-22(33)35-23)16-13-26-18(12-17(16)24)30-7-9-34-10-8-30/h12-15H,3-11H2,1-2H3,(H,25,31)(H,27,32)(H,29,33)/t14-,15?,23?/m0/s1. The Kier molecular flexibility index (Phi) is 7.75. The lowest BCUT2D eigenvalue weighted by Crippen LogP contribution is -2.52. The monoisotopic (exact) mass is 506 g/mol. The molecule has 0 radical (unpaired) electrons. The second-order valence-electron chi connectivity index (χ2n) is 9.21. The molecule has 12 heteroatoms. The molecule has 0 bridgehead atoms. The number of rotatable bonds is 5. The Bertz CT molecular complexity index is 1000. The molecule has 1 aliphatic carbocycles. The summed E-state index contributed by atoms with van der Waals surface area (Å²) < 4.78 is 11.2. The third-order valence-electron chi connectivity index (χ3n) is 6.82. The van der Waals surface area contributed by atoms with Gasteiger partial charge in [0, 0.05) is 37.9 Å². The number of nitrogens with one attached hydrogen (secondary N) is 3. The summed E-state index contributed by atoms with van der Waals surface area (Å²) in [6.45, 7) is 4.66. The van der Waals surface area contributed by atoms with E-state index in [4.69, 9.17) is 21.1 Å². The van der Waals surface area contributed by atoms with Crippen LogP contribution in [-0.4, -0.2) is 73.6 Å². The lowest BCUT2D eigenvalue weighted by atomic mass is 9.73. The van der Waals surface area contributed by atoms with Gasteiger partial charge in [-0.25, -0.2) is 15.2 Å². The zero-order valence-electron chi connectivity index (χ0n) is 19.9. The van der Waals surface area contributed by atoms with Gasteiger partial charge in [0.2, 0.25) is 0 Å². The summed E-state index contributed by atoms with van der Waals surface area (Å²) in [5.41, 5.74) is 2.73. The highest BCUT2D eigenvalue weighted by Crippen LogP contribution is 2.41. The van der Waals surface area contributed by atoms with Gasteiger partial charge < -0.3 is 25.0 Å². The van der Waals surface area contributed by atoms with Gasteiger partial charge in [0.1, 0.15) is 11.5 Å². The number of nitrogens with zero attached hydrogens (tertiary/aromatic N) is 3. The normalized spacial score (nSPS) is 25.2. The van der Waals surface area contributed by atoms with Crippen molar-refractivity contribution in [1.29, 1.82) is 0 Å². The van der Waals surface area contributed by atoms with E-state index in [2.05, 4.69) is 31.0 Å². The summed E-state index contributed by atoms with van der Waals surface area (Å²) in [5, 5.41) is 9.88. The number of morpholine rings is 1. The first-order valence-corrected chi connectivity index (χ1v) is 12.3. The van der Waals surface area contributed by atoms with E-state index in [0.29, 0.717) is 54.7 Å². The highest BCUT2D eigenvalue weighted by atomic mass is 35.5. The van der Waals surface area contributed by atoms with E-state index in [0.717, 1.165) is 31.7 Å². The number of anilines is 1. The van der Waals surface area contributed by atoms with Crippen LogP contribution in [0.15, 0.2) is 17.4 Å². The van der Waals surface area contributed by atoms with Crippen LogP contribution in [-0.2, 0) is 19.1 Å². The zero-order chi connectivity index (χ0) is 25.0. The molecular weight excluding hydrogens is 476 g/mol. The molecule has 35 heavy (non-hydrogen) atoms. The summed E-state index contributed by atoms with van der Waals surface area (Å²) in [5.74, 6) is -0.231. The van der Waals surface area contributed by atoms with Crippen LogP contribution in [0.25, 0.3) is 0 Å². The number of pyridine rings is 1. The SMILES string of the molecule is CNC(=O)C(=O)N[C@@H](C)CC1CCC2(CC1)OC(=O)NN=C2c1cnc(N2CCOCC2)cc1Cl. The average Bonchev–Trinajstić information content (AvgIpc) is 2.86. The Morgan fingerprint density at radius 2 is 2.00 bits per heavy atom. The third-order valence-corrected chi connectivity index (χ3v) is 7.13. The van der Waals surface area contributed by atoms with Crippen molar-refractivity contribution in [2.45, 2.75) is 50.7 Å². The lowest BCUT2D eigenvalue weighted by Gasteiger charge is -2.42. The van der Waals surface area contributed by atoms with Crippen molar-refractivity contribution >= 4 is 41.0 Å². The number of hydrogen-bond acceptors (Lipinski definition) is 8. The molecule has 1 saturated heterocycles. The van der Waals surface area contributed by atoms with Crippen molar-refractivity contribution in [2.24, 2.45) is 11.0 Å². The number of likely N-dealkylation sites (N-methyl/N-ethyl adjacent to an activating group) is 1. The zero-order valence-corrected chi connectivity index (χ0v) is 20.7. The first-order valence-electron chi connectivity index (χ1n) is 11.9. The summed E-state index contributed by atoms with van der Waals surface area (Å²) in [6, 6.07) is 1.66. The maximum absolute atomic E-state index is 12.1. The lowest BCUT2D eigenvalue weighted by molar-refractivity contribution is -0.139. The van der Waals surface area contributed by atoms with Crippen LogP contribution in [0.4, 0.5) is 10.6 Å².